The molecule has 19 heavy (non-hydrogen) atoms. The first kappa shape index (κ1) is 15.3. The molecule has 2 rings (SSSR count). The molecular weight excluding hydrogens is 236 g/mol. The van der Waals surface area contributed by atoms with Gasteiger partial charge < -0.3 is 15.0 Å². The maximum absolute atomic E-state index is 5.59. The summed E-state index contributed by atoms with van der Waals surface area (Å²) in [5.74, 6) is 1.73. The van der Waals surface area contributed by atoms with Gasteiger partial charge in [0.05, 0.1) is 6.61 Å². The molecule has 2 fully saturated rings. The Balaban J connectivity index is 1.83. The summed E-state index contributed by atoms with van der Waals surface area (Å²) < 4.78 is 5.59. The maximum atomic E-state index is 5.59. The van der Waals surface area contributed by atoms with Crippen LogP contribution in [0.1, 0.15) is 46.0 Å². The van der Waals surface area contributed by atoms with Gasteiger partial charge in [-0.2, -0.15) is 0 Å². The van der Waals surface area contributed by atoms with Crippen molar-refractivity contribution in [3.63, 3.8) is 0 Å². The van der Waals surface area contributed by atoms with Crippen LogP contribution >= 0.6 is 0 Å². The van der Waals surface area contributed by atoms with Crippen LogP contribution in [0.5, 0.6) is 0 Å². The fourth-order valence-electron chi connectivity index (χ4n) is 3.10. The van der Waals surface area contributed by atoms with Crippen LogP contribution in [0.3, 0.4) is 0 Å². The van der Waals surface area contributed by atoms with Gasteiger partial charge in [-0.05, 0) is 51.1 Å². The summed E-state index contributed by atoms with van der Waals surface area (Å²) in [5, 5.41) is 3.77. The van der Waals surface area contributed by atoms with Crippen LogP contribution in [0.4, 0.5) is 0 Å². The number of rotatable bonds is 10. The minimum Gasteiger partial charge on any atom is -0.381 e. The van der Waals surface area contributed by atoms with E-state index in [1.165, 1.54) is 51.7 Å². The molecule has 1 heterocycles. The highest BCUT2D eigenvalue weighted by molar-refractivity contribution is 4.85. The normalized spacial score (nSPS) is 25.1. The van der Waals surface area contributed by atoms with E-state index in [0.717, 1.165) is 31.6 Å². The Kier molecular flexibility index (Phi) is 6.62. The zero-order valence-electron chi connectivity index (χ0n) is 12.9. The zero-order valence-corrected chi connectivity index (χ0v) is 12.9. The van der Waals surface area contributed by atoms with Crippen molar-refractivity contribution in [2.75, 3.05) is 39.4 Å². The molecule has 0 amide bonds. The molecule has 112 valence electrons. The van der Waals surface area contributed by atoms with E-state index < -0.39 is 0 Å². The predicted molar refractivity (Wildman–Crippen MR) is 80.5 cm³/mol. The van der Waals surface area contributed by atoms with E-state index in [-0.39, 0.29) is 0 Å². The minimum absolute atomic E-state index is 0.632. The minimum atomic E-state index is 0.632. The van der Waals surface area contributed by atoms with Crippen LogP contribution in [0, 0.1) is 11.8 Å². The van der Waals surface area contributed by atoms with E-state index in [0.29, 0.717) is 6.04 Å². The summed E-state index contributed by atoms with van der Waals surface area (Å²) >= 11 is 0. The molecule has 0 bridgehead atoms. The van der Waals surface area contributed by atoms with Crippen LogP contribution in [0.2, 0.25) is 0 Å². The average molecular weight is 268 g/mol. The van der Waals surface area contributed by atoms with E-state index in [4.69, 9.17) is 4.74 Å². The average Bonchev–Trinajstić information content (AvgIpc) is 3.05. The molecule has 0 aromatic heterocycles. The molecule has 1 aliphatic carbocycles. The van der Waals surface area contributed by atoms with Crippen LogP contribution in [-0.4, -0.2) is 50.3 Å². The Morgan fingerprint density at radius 2 is 2.05 bits per heavy atom. The van der Waals surface area contributed by atoms with Gasteiger partial charge >= 0.3 is 0 Å². The molecule has 1 saturated carbocycles. The quantitative estimate of drug-likeness (QED) is 0.659. The van der Waals surface area contributed by atoms with Gasteiger partial charge in [0.2, 0.25) is 0 Å². The highest BCUT2D eigenvalue weighted by atomic mass is 16.5. The van der Waals surface area contributed by atoms with Gasteiger partial charge in [0, 0.05) is 31.7 Å². The monoisotopic (exact) mass is 268 g/mol. The Morgan fingerprint density at radius 1 is 1.21 bits per heavy atom. The van der Waals surface area contributed by atoms with Crippen molar-refractivity contribution in [1.82, 2.24) is 10.2 Å². The lowest BCUT2D eigenvalue weighted by molar-refractivity contribution is 0.158. The fraction of sp³-hybridized carbons (Fsp3) is 1.00. The van der Waals surface area contributed by atoms with E-state index >= 15 is 0 Å². The van der Waals surface area contributed by atoms with Crippen molar-refractivity contribution in [2.24, 2.45) is 11.8 Å². The first-order chi connectivity index (χ1) is 9.33. The van der Waals surface area contributed by atoms with Crippen LogP contribution in [0.15, 0.2) is 0 Å². The number of nitrogens with zero attached hydrogens (tertiary/aromatic N) is 1. The second-order valence-corrected chi connectivity index (χ2v) is 6.39. The third kappa shape index (κ3) is 5.41. The highest BCUT2D eigenvalue weighted by Crippen LogP contribution is 2.30. The van der Waals surface area contributed by atoms with Gasteiger partial charge in [0.15, 0.2) is 0 Å². The van der Waals surface area contributed by atoms with Gasteiger partial charge in [-0.25, -0.2) is 0 Å². The summed E-state index contributed by atoms with van der Waals surface area (Å²) in [6.45, 7) is 11.4. The summed E-state index contributed by atoms with van der Waals surface area (Å²) in [5.41, 5.74) is 0. The first-order valence-electron chi connectivity index (χ1n) is 8.37. The van der Waals surface area contributed by atoms with E-state index in [1.807, 2.05) is 0 Å². The zero-order chi connectivity index (χ0) is 13.5. The lowest BCUT2D eigenvalue weighted by atomic mass is 9.98. The third-order valence-corrected chi connectivity index (χ3v) is 4.40. The molecule has 2 atom stereocenters. The fourth-order valence-corrected chi connectivity index (χ4v) is 3.10. The van der Waals surface area contributed by atoms with Gasteiger partial charge in [-0.15, -0.1) is 0 Å². The summed E-state index contributed by atoms with van der Waals surface area (Å²) in [7, 11) is 0. The smallest absolute Gasteiger partial charge is 0.0510 e. The van der Waals surface area contributed by atoms with Gasteiger partial charge in [-0.1, -0.05) is 13.8 Å². The Morgan fingerprint density at radius 3 is 2.63 bits per heavy atom. The number of hydrogen-bond acceptors (Lipinski definition) is 3. The molecule has 1 aliphatic heterocycles. The van der Waals surface area contributed by atoms with Crippen molar-refractivity contribution in [1.29, 1.82) is 0 Å². The van der Waals surface area contributed by atoms with Crippen LogP contribution < -0.4 is 5.32 Å². The Labute approximate surface area is 119 Å². The molecule has 3 nitrogen and oxygen atoms in total. The van der Waals surface area contributed by atoms with Crippen molar-refractivity contribution in [3.8, 4) is 0 Å². The summed E-state index contributed by atoms with van der Waals surface area (Å²) in [4.78, 5) is 2.70. The summed E-state index contributed by atoms with van der Waals surface area (Å²) in [6, 6.07) is 0.632. The molecule has 0 aromatic carbocycles. The number of ether oxygens (including phenoxy) is 1. The molecule has 1 saturated heterocycles. The predicted octanol–water partition coefficient (Wildman–Crippen LogP) is 2.51. The van der Waals surface area contributed by atoms with Gasteiger partial charge in [0.1, 0.15) is 0 Å². The molecule has 2 unspecified atom stereocenters. The summed E-state index contributed by atoms with van der Waals surface area (Å²) in [6.07, 6.45) is 6.65. The topological polar surface area (TPSA) is 24.5 Å². The molecule has 3 heteroatoms. The van der Waals surface area contributed by atoms with E-state index in [9.17, 15) is 0 Å². The lowest BCUT2D eigenvalue weighted by Gasteiger charge is -2.31. The largest absolute Gasteiger partial charge is 0.381 e. The molecule has 0 spiro atoms. The number of hydrogen-bond donors (Lipinski definition) is 1. The second-order valence-electron chi connectivity index (χ2n) is 6.39. The van der Waals surface area contributed by atoms with Crippen molar-refractivity contribution in [3.05, 3.63) is 0 Å². The van der Waals surface area contributed by atoms with Crippen molar-refractivity contribution in [2.45, 2.75) is 52.0 Å². The molecule has 1 N–H and O–H groups in total. The molecular formula is C16H32N2O. The third-order valence-electron chi connectivity index (χ3n) is 4.40. The van der Waals surface area contributed by atoms with Crippen LogP contribution in [0.25, 0.3) is 0 Å². The van der Waals surface area contributed by atoms with E-state index in [1.54, 1.807) is 0 Å². The van der Waals surface area contributed by atoms with Gasteiger partial charge in [-0.3, -0.25) is 0 Å². The molecule has 0 radical (unpaired) electrons. The molecule has 0 aromatic rings. The van der Waals surface area contributed by atoms with Crippen molar-refractivity contribution >= 4 is 0 Å². The standard InChI is InChI=1S/C16H32N2O/c1-3-8-17-16(15-7-10-19-13-15)12-18(9-4-2)11-14-5-6-14/h14-17H,3-13H2,1-2H3. The highest BCUT2D eigenvalue weighted by Gasteiger charge is 2.29. The first-order valence-corrected chi connectivity index (χ1v) is 8.37. The Hall–Kier alpha value is -0.120. The van der Waals surface area contributed by atoms with Crippen LogP contribution in [-0.2, 0) is 4.74 Å². The van der Waals surface area contributed by atoms with Gasteiger partial charge in [0.25, 0.3) is 0 Å². The maximum Gasteiger partial charge on any atom is 0.0510 e. The SMILES string of the molecule is CCCNC(CN(CCC)CC1CC1)C1CCOC1. The lowest BCUT2D eigenvalue weighted by Crippen LogP contribution is -2.47. The Bertz CT molecular complexity index is 237. The second kappa shape index (κ2) is 8.23. The molecule has 2 aliphatic rings. The van der Waals surface area contributed by atoms with E-state index in [2.05, 4.69) is 24.1 Å². The number of nitrogens with one attached hydrogen (secondary N) is 1. The van der Waals surface area contributed by atoms with Crippen molar-refractivity contribution < 1.29 is 4.74 Å².